The van der Waals surface area contributed by atoms with Crippen molar-refractivity contribution in [3.05, 3.63) is 89.7 Å². The summed E-state index contributed by atoms with van der Waals surface area (Å²) in [4.78, 5) is 21.6. The van der Waals surface area contributed by atoms with Gasteiger partial charge in [0.1, 0.15) is 12.1 Å². The summed E-state index contributed by atoms with van der Waals surface area (Å²) >= 11 is 5.93. The molecular weight excluding hydrogens is 466 g/mol. The van der Waals surface area contributed by atoms with Gasteiger partial charge in [0.2, 0.25) is 5.88 Å². The molecule has 5 rings (SSSR count). The Morgan fingerprint density at radius 3 is 2.40 bits per heavy atom. The van der Waals surface area contributed by atoms with Crippen molar-refractivity contribution in [3.63, 3.8) is 0 Å². The maximum atomic E-state index is 12.9. The summed E-state index contributed by atoms with van der Waals surface area (Å²) in [6.45, 7) is 0. The van der Waals surface area contributed by atoms with E-state index in [0.717, 1.165) is 10.8 Å². The van der Waals surface area contributed by atoms with Crippen LogP contribution in [0.2, 0.25) is 5.02 Å². The molecule has 0 saturated heterocycles. The van der Waals surface area contributed by atoms with Crippen LogP contribution in [0.3, 0.4) is 0 Å². The Balaban J connectivity index is 1.46. The minimum Gasteiger partial charge on any atom is -0.493 e. The molecule has 1 N–H and O–H groups in total. The average Bonchev–Trinajstić information content (AvgIpc) is 2.88. The van der Waals surface area contributed by atoms with Crippen LogP contribution >= 0.6 is 11.6 Å². The lowest BCUT2D eigenvalue weighted by molar-refractivity contribution is 0.102. The van der Waals surface area contributed by atoms with Gasteiger partial charge in [-0.2, -0.15) is 0 Å². The predicted octanol–water partition coefficient (Wildman–Crippen LogP) is 6.50. The van der Waals surface area contributed by atoms with Crippen LogP contribution < -0.4 is 19.5 Å². The largest absolute Gasteiger partial charge is 0.493 e. The second-order valence-electron chi connectivity index (χ2n) is 7.65. The molecule has 0 aliphatic carbocycles. The lowest BCUT2D eigenvalue weighted by Crippen LogP contribution is -2.12. The maximum Gasteiger partial charge on any atom is 0.256 e. The molecule has 0 radical (unpaired) electrons. The maximum absolute atomic E-state index is 12.9. The quantitative estimate of drug-likeness (QED) is 0.295. The molecule has 0 atom stereocenters. The number of anilines is 1. The number of carbonyl (C=O) groups is 1. The Kier molecular flexibility index (Phi) is 6.08. The van der Waals surface area contributed by atoms with Crippen molar-refractivity contribution < 1.29 is 19.0 Å². The first-order valence-electron chi connectivity index (χ1n) is 10.7. The molecule has 0 fully saturated rings. The lowest BCUT2D eigenvalue weighted by Gasteiger charge is -2.12. The Hall–Kier alpha value is -4.36. The summed E-state index contributed by atoms with van der Waals surface area (Å²) in [6, 6.07) is 21.6. The molecule has 5 aromatic rings. The van der Waals surface area contributed by atoms with Crippen molar-refractivity contribution >= 4 is 44.9 Å². The molecule has 7 nitrogen and oxygen atoms in total. The molecule has 8 heteroatoms. The minimum atomic E-state index is -0.213. The molecule has 4 aromatic carbocycles. The van der Waals surface area contributed by atoms with E-state index in [1.54, 1.807) is 62.8 Å². The van der Waals surface area contributed by atoms with Crippen LogP contribution in [0.25, 0.3) is 21.7 Å². The van der Waals surface area contributed by atoms with Crippen molar-refractivity contribution in [1.29, 1.82) is 0 Å². The van der Waals surface area contributed by atoms with Gasteiger partial charge in [-0.15, -0.1) is 0 Å². The number of aromatic nitrogens is 2. The summed E-state index contributed by atoms with van der Waals surface area (Å²) in [5.74, 6) is 1.86. The summed E-state index contributed by atoms with van der Waals surface area (Å²) in [5.41, 5.74) is 1.88. The van der Waals surface area contributed by atoms with E-state index in [9.17, 15) is 4.79 Å². The third-order valence-electron chi connectivity index (χ3n) is 5.52. The first-order valence-corrected chi connectivity index (χ1v) is 11.1. The fourth-order valence-corrected chi connectivity index (χ4v) is 3.93. The Labute approximate surface area is 206 Å². The van der Waals surface area contributed by atoms with Crippen LogP contribution in [0.1, 0.15) is 10.4 Å². The van der Waals surface area contributed by atoms with Crippen molar-refractivity contribution in [2.24, 2.45) is 0 Å². The highest BCUT2D eigenvalue weighted by atomic mass is 35.5. The van der Waals surface area contributed by atoms with E-state index in [0.29, 0.717) is 50.3 Å². The van der Waals surface area contributed by atoms with Gasteiger partial charge in [-0.1, -0.05) is 23.7 Å². The molecule has 35 heavy (non-hydrogen) atoms. The highest BCUT2D eigenvalue weighted by Gasteiger charge is 2.14. The lowest BCUT2D eigenvalue weighted by atomic mass is 10.0. The average molecular weight is 486 g/mol. The molecule has 174 valence electrons. The number of methoxy groups -OCH3 is 2. The number of fused-ring (bicyclic) bond motifs is 2. The normalized spacial score (nSPS) is 10.8. The van der Waals surface area contributed by atoms with Crippen LogP contribution in [0.4, 0.5) is 5.69 Å². The Morgan fingerprint density at radius 2 is 1.63 bits per heavy atom. The number of benzene rings is 4. The number of hydrogen-bond donors (Lipinski definition) is 1. The number of halogens is 1. The van der Waals surface area contributed by atoms with Crippen molar-refractivity contribution in [2.75, 3.05) is 19.5 Å². The zero-order valence-electron chi connectivity index (χ0n) is 18.9. The monoisotopic (exact) mass is 485 g/mol. The summed E-state index contributed by atoms with van der Waals surface area (Å²) in [6.07, 6.45) is 1.43. The minimum absolute atomic E-state index is 0.213. The van der Waals surface area contributed by atoms with Gasteiger partial charge < -0.3 is 19.5 Å². The van der Waals surface area contributed by atoms with Gasteiger partial charge >= 0.3 is 0 Å². The molecule has 1 amide bonds. The van der Waals surface area contributed by atoms with Crippen LogP contribution in [0.15, 0.2) is 79.1 Å². The van der Waals surface area contributed by atoms with Gasteiger partial charge in [0.05, 0.1) is 25.1 Å². The Morgan fingerprint density at radius 1 is 0.857 bits per heavy atom. The van der Waals surface area contributed by atoms with Crippen LogP contribution in [-0.4, -0.2) is 30.1 Å². The van der Waals surface area contributed by atoms with E-state index in [1.165, 1.54) is 6.33 Å². The number of amides is 1. The molecule has 0 bridgehead atoms. The van der Waals surface area contributed by atoms with Crippen molar-refractivity contribution in [3.8, 4) is 23.1 Å². The van der Waals surface area contributed by atoms with E-state index >= 15 is 0 Å². The van der Waals surface area contributed by atoms with Gasteiger partial charge in [0.15, 0.2) is 11.5 Å². The summed E-state index contributed by atoms with van der Waals surface area (Å²) in [7, 11) is 3.14. The number of hydrogen-bond acceptors (Lipinski definition) is 6. The Bertz CT molecular complexity index is 1550. The highest BCUT2D eigenvalue weighted by Crippen LogP contribution is 2.36. The standard InChI is InChI=1S/C27H20ClN3O4/c1-33-24-13-22-23(14-25(24)34-2)29-15-30-27(22)35-19-10-11-20-16(12-19)4-3-5-21(20)26(32)31-18-8-6-17(28)7-9-18/h3-15H,1-2H3,(H,31,32). The molecule has 0 spiro atoms. The zero-order valence-corrected chi connectivity index (χ0v) is 19.7. The number of rotatable bonds is 6. The fourth-order valence-electron chi connectivity index (χ4n) is 3.81. The molecule has 0 aliphatic rings. The second kappa shape index (κ2) is 9.48. The van der Waals surface area contributed by atoms with E-state index in [1.807, 2.05) is 24.3 Å². The van der Waals surface area contributed by atoms with Gasteiger partial charge in [-0.3, -0.25) is 4.79 Å². The third-order valence-corrected chi connectivity index (χ3v) is 5.77. The number of nitrogens with zero attached hydrogens (tertiary/aromatic N) is 2. The van der Waals surface area contributed by atoms with E-state index in [2.05, 4.69) is 15.3 Å². The van der Waals surface area contributed by atoms with Crippen molar-refractivity contribution in [2.45, 2.75) is 0 Å². The van der Waals surface area contributed by atoms with Gasteiger partial charge in [-0.05, 0) is 65.4 Å². The second-order valence-corrected chi connectivity index (χ2v) is 8.09. The molecule has 0 aliphatic heterocycles. The van der Waals surface area contributed by atoms with Gasteiger partial charge in [0, 0.05) is 22.3 Å². The fraction of sp³-hybridized carbons (Fsp3) is 0.0741. The first kappa shape index (κ1) is 22.4. The first-order chi connectivity index (χ1) is 17.1. The third kappa shape index (κ3) is 4.54. The van der Waals surface area contributed by atoms with Crippen LogP contribution in [-0.2, 0) is 0 Å². The zero-order chi connectivity index (χ0) is 24.4. The predicted molar refractivity (Wildman–Crippen MR) is 136 cm³/mol. The molecule has 0 unspecified atom stereocenters. The van der Waals surface area contributed by atoms with E-state index in [4.69, 9.17) is 25.8 Å². The number of nitrogens with one attached hydrogen (secondary N) is 1. The molecular formula is C27H20ClN3O4. The molecule has 0 saturated carbocycles. The number of ether oxygens (including phenoxy) is 3. The van der Waals surface area contributed by atoms with Crippen LogP contribution in [0, 0.1) is 0 Å². The van der Waals surface area contributed by atoms with Gasteiger partial charge in [0.25, 0.3) is 5.91 Å². The number of carbonyl (C=O) groups excluding carboxylic acids is 1. The highest BCUT2D eigenvalue weighted by molar-refractivity contribution is 6.30. The topological polar surface area (TPSA) is 82.6 Å². The van der Waals surface area contributed by atoms with E-state index in [-0.39, 0.29) is 5.91 Å². The summed E-state index contributed by atoms with van der Waals surface area (Å²) in [5, 5.41) is 5.84. The van der Waals surface area contributed by atoms with Crippen molar-refractivity contribution in [1.82, 2.24) is 9.97 Å². The SMILES string of the molecule is COc1cc2ncnc(Oc3ccc4c(C(=O)Nc5ccc(Cl)cc5)cccc4c3)c2cc1OC. The molecule has 1 heterocycles. The summed E-state index contributed by atoms with van der Waals surface area (Å²) < 4.78 is 16.9. The van der Waals surface area contributed by atoms with Crippen LogP contribution in [0.5, 0.6) is 23.1 Å². The smallest absolute Gasteiger partial charge is 0.256 e. The van der Waals surface area contributed by atoms with Gasteiger partial charge in [-0.25, -0.2) is 9.97 Å². The molecule has 1 aromatic heterocycles. The van der Waals surface area contributed by atoms with E-state index < -0.39 is 0 Å².